The van der Waals surface area contributed by atoms with E-state index in [-0.39, 0.29) is 11.9 Å². The summed E-state index contributed by atoms with van der Waals surface area (Å²) >= 11 is 0. The minimum Gasteiger partial charge on any atom is -0.352 e. The Morgan fingerprint density at radius 1 is 1.62 bits per heavy atom. The first-order valence-electron chi connectivity index (χ1n) is 5.35. The summed E-state index contributed by atoms with van der Waals surface area (Å²) in [5.41, 5.74) is 0. The van der Waals surface area contributed by atoms with Crippen LogP contribution in [-0.2, 0) is 4.79 Å². The van der Waals surface area contributed by atoms with Crippen LogP contribution in [0.1, 0.15) is 32.6 Å². The normalized spacial score (nSPS) is 37.5. The van der Waals surface area contributed by atoms with Gasteiger partial charge in [0.25, 0.3) is 0 Å². The van der Waals surface area contributed by atoms with Gasteiger partial charge in [-0.2, -0.15) is 0 Å². The van der Waals surface area contributed by atoms with E-state index in [0.717, 1.165) is 25.3 Å². The van der Waals surface area contributed by atoms with Gasteiger partial charge in [-0.05, 0) is 31.7 Å². The van der Waals surface area contributed by atoms with E-state index >= 15 is 0 Å². The van der Waals surface area contributed by atoms with Crippen LogP contribution in [-0.4, -0.2) is 24.5 Å². The van der Waals surface area contributed by atoms with Gasteiger partial charge in [0.15, 0.2) is 0 Å². The first-order chi connectivity index (χ1) is 6.31. The Morgan fingerprint density at radius 2 is 2.46 bits per heavy atom. The average Bonchev–Trinajstić information content (AvgIpc) is 2.68. The second-order valence-electron chi connectivity index (χ2n) is 4.17. The topological polar surface area (TPSA) is 41.1 Å². The highest BCUT2D eigenvalue weighted by molar-refractivity contribution is 5.82. The lowest BCUT2D eigenvalue weighted by molar-refractivity contribution is -0.123. The number of carbonyl (C=O) groups excluding carboxylic acids is 1. The van der Waals surface area contributed by atoms with Crippen molar-refractivity contribution in [3.63, 3.8) is 0 Å². The van der Waals surface area contributed by atoms with Gasteiger partial charge in [-0.1, -0.05) is 13.3 Å². The van der Waals surface area contributed by atoms with E-state index in [1.54, 1.807) is 0 Å². The fourth-order valence-corrected chi connectivity index (χ4v) is 2.07. The first kappa shape index (κ1) is 9.00. The Balaban J connectivity index is 1.72. The lowest BCUT2D eigenvalue weighted by Crippen LogP contribution is -2.41. The monoisotopic (exact) mass is 182 g/mol. The van der Waals surface area contributed by atoms with Crippen LogP contribution in [0.2, 0.25) is 0 Å². The molecule has 1 aliphatic heterocycles. The third-order valence-corrected chi connectivity index (χ3v) is 3.15. The van der Waals surface area contributed by atoms with Crippen LogP contribution in [0, 0.1) is 5.92 Å². The molecule has 13 heavy (non-hydrogen) atoms. The molecule has 0 aromatic rings. The van der Waals surface area contributed by atoms with Gasteiger partial charge in [0.2, 0.25) is 5.91 Å². The van der Waals surface area contributed by atoms with E-state index in [1.165, 1.54) is 12.8 Å². The summed E-state index contributed by atoms with van der Waals surface area (Å²) in [5.74, 6) is 0.976. The van der Waals surface area contributed by atoms with Crippen LogP contribution in [0.5, 0.6) is 0 Å². The predicted molar refractivity (Wildman–Crippen MR) is 51.4 cm³/mol. The number of carbonyl (C=O) groups is 1. The van der Waals surface area contributed by atoms with Crippen molar-refractivity contribution in [2.45, 2.75) is 44.7 Å². The molecule has 1 saturated carbocycles. The van der Waals surface area contributed by atoms with E-state index in [0.29, 0.717) is 6.04 Å². The first-order valence-corrected chi connectivity index (χ1v) is 5.35. The van der Waals surface area contributed by atoms with E-state index in [4.69, 9.17) is 0 Å². The van der Waals surface area contributed by atoms with E-state index in [9.17, 15) is 4.79 Å². The van der Waals surface area contributed by atoms with Crippen molar-refractivity contribution >= 4 is 5.91 Å². The molecule has 1 amide bonds. The smallest absolute Gasteiger partial charge is 0.237 e. The molecule has 0 bridgehead atoms. The third-order valence-electron chi connectivity index (χ3n) is 3.15. The lowest BCUT2D eigenvalue weighted by atomic mass is 10.2. The van der Waals surface area contributed by atoms with E-state index in [2.05, 4.69) is 17.6 Å². The summed E-state index contributed by atoms with van der Waals surface area (Å²) in [6, 6.07) is 0.581. The van der Waals surface area contributed by atoms with Crippen molar-refractivity contribution in [3.05, 3.63) is 0 Å². The summed E-state index contributed by atoms with van der Waals surface area (Å²) < 4.78 is 0. The van der Waals surface area contributed by atoms with Crippen LogP contribution in [0.3, 0.4) is 0 Å². The summed E-state index contributed by atoms with van der Waals surface area (Å²) in [7, 11) is 0. The summed E-state index contributed by atoms with van der Waals surface area (Å²) in [6.07, 6.45) is 4.54. The molecule has 2 unspecified atom stereocenters. The second kappa shape index (κ2) is 3.66. The fourth-order valence-electron chi connectivity index (χ4n) is 2.07. The Bertz CT molecular complexity index is 199. The zero-order chi connectivity index (χ0) is 9.26. The molecule has 3 atom stereocenters. The maximum Gasteiger partial charge on any atom is 0.237 e. The molecule has 3 nitrogen and oxygen atoms in total. The van der Waals surface area contributed by atoms with Gasteiger partial charge in [-0.25, -0.2) is 0 Å². The van der Waals surface area contributed by atoms with Crippen molar-refractivity contribution < 1.29 is 4.79 Å². The van der Waals surface area contributed by atoms with Gasteiger partial charge < -0.3 is 10.6 Å². The van der Waals surface area contributed by atoms with Gasteiger partial charge >= 0.3 is 0 Å². The molecule has 2 rings (SSSR count). The van der Waals surface area contributed by atoms with Crippen LogP contribution in [0.4, 0.5) is 0 Å². The Hall–Kier alpha value is -0.570. The maximum atomic E-state index is 11.6. The van der Waals surface area contributed by atoms with Crippen LogP contribution >= 0.6 is 0 Å². The molecule has 1 saturated heterocycles. The van der Waals surface area contributed by atoms with Crippen molar-refractivity contribution in [2.75, 3.05) is 6.54 Å². The second-order valence-corrected chi connectivity index (χ2v) is 4.17. The predicted octanol–water partition coefficient (Wildman–Crippen LogP) is 0.653. The summed E-state index contributed by atoms with van der Waals surface area (Å²) in [5, 5.41) is 6.31. The van der Waals surface area contributed by atoms with E-state index < -0.39 is 0 Å². The highest BCUT2D eigenvalue weighted by atomic mass is 16.2. The van der Waals surface area contributed by atoms with Gasteiger partial charge in [-0.3, -0.25) is 4.79 Å². The molecule has 1 heterocycles. The molecule has 74 valence electrons. The van der Waals surface area contributed by atoms with Gasteiger partial charge in [0, 0.05) is 6.04 Å². The SMILES string of the molecule is CCC1CC1NC(=O)[C@H]1CCCN1. The minimum absolute atomic E-state index is 0.0955. The van der Waals surface area contributed by atoms with Crippen LogP contribution < -0.4 is 10.6 Å². The molecule has 2 aliphatic rings. The molecule has 2 fully saturated rings. The van der Waals surface area contributed by atoms with Crippen molar-refractivity contribution in [1.29, 1.82) is 0 Å². The zero-order valence-corrected chi connectivity index (χ0v) is 8.18. The Labute approximate surface area is 79.3 Å². The Kier molecular flexibility index (Phi) is 2.54. The average molecular weight is 182 g/mol. The molecule has 3 heteroatoms. The van der Waals surface area contributed by atoms with Crippen LogP contribution in [0.25, 0.3) is 0 Å². The van der Waals surface area contributed by atoms with Crippen LogP contribution in [0.15, 0.2) is 0 Å². The number of hydrogen-bond donors (Lipinski definition) is 2. The molecule has 0 spiro atoms. The minimum atomic E-state index is 0.0955. The molecular formula is C10H18N2O. The van der Waals surface area contributed by atoms with Crippen molar-refractivity contribution in [2.24, 2.45) is 5.92 Å². The standard InChI is InChI=1S/C10H18N2O/c1-2-7-6-9(7)12-10(13)8-4-3-5-11-8/h7-9,11H,2-6H2,1H3,(H,12,13)/t7?,8-,9?/m1/s1. The number of rotatable bonds is 3. The Morgan fingerprint density at radius 3 is 3.00 bits per heavy atom. The number of hydrogen-bond acceptors (Lipinski definition) is 2. The van der Waals surface area contributed by atoms with Gasteiger partial charge in [-0.15, -0.1) is 0 Å². The maximum absolute atomic E-state index is 11.6. The fraction of sp³-hybridized carbons (Fsp3) is 0.900. The third kappa shape index (κ3) is 2.02. The molecule has 0 aromatic carbocycles. The summed E-state index contributed by atoms with van der Waals surface area (Å²) in [4.78, 5) is 11.6. The number of nitrogens with one attached hydrogen (secondary N) is 2. The quantitative estimate of drug-likeness (QED) is 0.673. The highest BCUT2D eigenvalue weighted by Gasteiger charge is 2.37. The number of amides is 1. The van der Waals surface area contributed by atoms with E-state index in [1.807, 2.05) is 0 Å². The van der Waals surface area contributed by atoms with Crippen molar-refractivity contribution in [3.8, 4) is 0 Å². The summed E-state index contributed by atoms with van der Waals surface area (Å²) in [6.45, 7) is 3.19. The molecule has 1 aliphatic carbocycles. The molecule has 0 radical (unpaired) electrons. The highest BCUT2D eigenvalue weighted by Crippen LogP contribution is 2.33. The van der Waals surface area contributed by atoms with Gasteiger partial charge in [0.05, 0.1) is 6.04 Å². The zero-order valence-electron chi connectivity index (χ0n) is 8.18. The largest absolute Gasteiger partial charge is 0.352 e. The molecule has 2 N–H and O–H groups in total. The lowest BCUT2D eigenvalue weighted by Gasteiger charge is -2.10. The van der Waals surface area contributed by atoms with Crippen molar-refractivity contribution in [1.82, 2.24) is 10.6 Å². The molecular weight excluding hydrogens is 164 g/mol. The molecule has 0 aromatic heterocycles. The van der Waals surface area contributed by atoms with Gasteiger partial charge in [0.1, 0.15) is 0 Å².